The first-order valence-electron chi connectivity index (χ1n) is 5.99. The molecule has 2 heterocycles. The van der Waals surface area contributed by atoms with Crippen LogP contribution in [0.3, 0.4) is 0 Å². The summed E-state index contributed by atoms with van der Waals surface area (Å²) in [7, 11) is 0. The molecule has 1 aromatic heterocycles. The van der Waals surface area contributed by atoms with Gasteiger partial charge in [-0.3, -0.25) is 0 Å². The Morgan fingerprint density at radius 1 is 1.53 bits per heavy atom. The SMILES string of the molecule is CC(C)c1noc(N2CC[C@H](CO)[C@H](O)C2)n1. The van der Waals surface area contributed by atoms with E-state index in [-0.39, 0.29) is 18.4 Å². The van der Waals surface area contributed by atoms with Gasteiger partial charge in [0.15, 0.2) is 5.82 Å². The van der Waals surface area contributed by atoms with E-state index < -0.39 is 6.10 Å². The molecule has 1 aromatic rings. The second-order valence-corrected chi connectivity index (χ2v) is 4.83. The van der Waals surface area contributed by atoms with Crippen LogP contribution in [0.25, 0.3) is 0 Å². The molecular weight excluding hydrogens is 222 g/mol. The molecule has 0 amide bonds. The first kappa shape index (κ1) is 12.3. The number of hydrogen-bond donors (Lipinski definition) is 2. The number of piperidine rings is 1. The minimum Gasteiger partial charge on any atom is -0.396 e. The normalized spacial score (nSPS) is 25.6. The average Bonchev–Trinajstić information content (AvgIpc) is 2.78. The minimum absolute atomic E-state index is 0.0239. The summed E-state index contributed by atoms with van der Waals surface area (Å²) in [4.78, 5) is 6.16. The van der Waals surface area contributed by atoms with E-state index >= 15 is 0 Å². The van der Waals surface area contributed by atoms with Gasteiger partial charge in [-0.05, 0) is 6.42 Å². The maximum absolute atomic E-state index is 9.83. The van der Waals surface area contributed by atoms with Crippen LogP contribution in [0.4, 0.5) is 6.01 Å². The zero-order chi connectivity index (χ0) is 12.4. The van der Waals surface area contributed by atoms with E-state index in [2.05, 4.69) is 10.1 Å². The summed E-state index contributed by atoms with van der Waals surface area (Å²) in [6.07, 6.45) is 0.194. The number of β-amino-alcohol motifs (C(OH)–C–C–N with tert-alkyl or cyclic N) is 1. The highest BCUT2D eigenvalue weighted by Crippen LogP contribution is 2.23. The van der Waals surface area contributed by atoms with E-state index in [1.807, 2.05) is 18.7 Å². The molecule has 0 aromatic carbocycles. The molecule has 2 atom stereocenters. The third-order valence-corrected chi connectivity index (χ3v) is 3.17. The Balaban J connectivity index is 2.03. The Kier molecular flexibility index (Phi) is 3.63. The van der Waals surface area contributed by atoms with E-state index in [0.29, 0.717) is 18.4 Å². The predicted octanol–water partition coefficient (Wildman–Crippen LogP) is 0.372. The van der Waals surface area contributed by atoms with Crippen LogP contribution in [0.5, 0.6) is 0 Å². The van der Waals surface area contributed by atoms with Crippen LogP contribution in [0, 0.1) is 5.92 Å². The van der Waals surface area contributed by atoms with Crippen molar-refractivity contribution in [1.82, 2.24) is 10.1 Å². The van der Waals surface area contributed by atoms with Gasteiger partial charge in [0, 0.05) is 31.5 Å². The zero-order valence-electron chi connectivity index (χ0n) is 10.2. The van der Waals surface area contributed by atoms with Crippen molar-refractivity contribution in [3.63, 3.8) is 0 Å². The molecule has 0 bridgehead atoms. The van der Waals surface area contributed by atoms with Crippen molar-refractivity contribution >= 4 is 6.01 Å². The molecule has 1 aliphatic rings. The summed E-state index contributed by atoms with van der Waals surface area (Å²) >= 11 is 0. The molecule has 0 saturated carbocycles. The van der Waals surface area contributed by atoms with Gasteiger partial charge in [0.05, 0.1) is 6.10 Å². The van der Waals surface area contributed by atoms with Crippen molar-refractivity contribution in [2.45, 2.75) is 32.3 Å². The summed E-state index contributed by atoms with van der Waals surface area (Å²) in [5.41, 5.74) is 0. The maximum atomic E-state index is 9.83. The summed E-state index contributed by atoms with van der Waals surface area (Å²) in [6.45, 7) is 5.19. The lowest BCUT2D eigenvalue weighted by molar-refractivity contribution is 0.0531. The Morgan fingerprint density at radius 2 is 2.29 bits per heavy atom. The number of aliphatic hydroxyl groups excluding tert-OH is 2. The second-order valence-electron chi connectivity index (χ2n) is 4.83. The van der Waals surface area contributed by atoms with Crippen molar-refractivity contribution in [3.8, 4) is 0 Å². The number of hydrogen-bond acceptors (Lipinski definition) is 6. The quantitative estimate of drug-likeness (QED) is 0.795. The van der Waals surface area contributed by atoms with Gasteiger partial charge in [0.1, 0.15) is 0 Å². The summed E-state index contributed by atoms with van der Waals surface area (Å²) < 4.78 is 5.17. The lowest BCUT2D eigenvalue weighted by Gasteiger charge is -2.33. The number of aromatic nitrogens is 2. The molecule has 6 heteroatoms. The average molecular weight is 241 g/mol. The molecule has 6 nitrogen and oxygen atoms in total. The molecule has 17 heavy (non-hydrogen) atoms. The van der Waals surface area contributed by atoms with Crippen LogP contribution in [-0.2, 0) is 0 Å². The van der Waals surface area contributed by atoms with Gasteiger partial charge in [0.2, 0.25) is 0 Å². The Morgan fingerprint density at radius 3 is 2.82 bits per heavy atom. The number of anilines is 1. The summed E-state index contributed by atoms with van der Waals surface area (Å²) in [6, 6.07) is 0.462. The van der Waals surface area contributed by atoms with Gasteiger partial charge in [-0.15, -0.1) is 0 Å². The van der Waals surface area contributed by atoms with Crippen molar-refractivity contribution in [1.29, 1.82) is 0 Å². The lowest BCUT2D eigenvalue weighted by atomic mass is 9.95. The van der Waals surface area contributed by atoms with E-state index in [1.165, 1.54) is 0 Å². The molecule has 1 aliphatic heterocycles. The number of nitrogens with zero attached hydrogens (tertiary/aromatic N) is 3. The molecule has 96 valence electrons. The smallest absolute Gasteiger partial charge is 0.324 e. The van der Waals surface area contributed by atoms with Gasteiger partial charge in [-0.1, -0.05) is 19.0 Å². The molecule has 2 rings (SSSR count). The lowest BCUT2D eigenvalue weighted by Crippen LogP contribution is -2.45. The largest absolute Gasteiger partial charge is 0.396 e. The van der Waals surface area contributed by atoms with E-state index in [0.717, 1.165) is 13.0 Å². The zero-order valence-corrected chi connectivity index (χ0v) is 10.2. The fraction of sp³-hybridized carbons (Fsp3) is 0.818. The van der Waals surface area contributed by atoms with Gasteiger partial charge < -0.3 is 19.6 Å². The number of aliphatic hydroxyl groups is 2. The van der Waals surface area contributed by atoms with E-state index in [9.17, 15) is 5.11 Å². The van der Waals surface area contributed by atoms with E-state index in [4.69, 9.17) is 9.63 Å². The standard InChI is InChI=1S/C11H19N3O3/c1-7(2)10-12-11(17-13-10)14-4-3-8(6-15)9(16)5-14/h7-9,15-16H,3-6H2,1-2H3/t8-,9-/m1/s1. The first-order chi connectivity index (χ1) is 8.11. The summed E-state index contributed by atoms with van der Waals surface area (Å²) in [5, 5.41) is 22.8. The van der Waals surface area contributed by atoms with E-state index in [1.54, 1.807) is 0 Å². The van der Waals surface area contributed by atoms with Crippen LogP contribution < -0.4 is 4.90 Å². The molecule has 1 fully saturated rings. The van der Waals surface area contributed by atoms with Crippen LogP contribution in [0.2, 0.25) is 0 Å². The number of rotatable bonds is 3. The Labute approximate surface area is 100 Å². The Hall–Kier alpha value is -1.14. The maximum Gasteiger partial charge on any atom is 0.324 e. The third-order valence-electron chi connectivity index (χ3n) is 3.17. The fourth-order valence-corrected chi connectivity index (χ4v) is 1.96. The van der Waals surface area contributed by atoms with Crippen molar-refractivity contribution in [2.75, 3.05) is 24.6 Å². The first-order valence-corrected chi connectivity index (χ1v) is 5.99. The molecular formula is C11H19N3O3. The molecule has 0 spiro atoms. The molecule has 0 radical (unpaired) electrons. The van der Waals surface area contributed by atoms with Gasteiger partial charge in [0.25, 0.3) is 0 Å². The fourth-order valence-electron chi connectivity index (χ4n) is 1.96. The Bertz CT molecular complexity index is 367. The van der Waals surface area contributed by atoms with Crippen molar-refractivity contribution in [2.24, 2.45) is 5.92 Å². The summed E-state index contributed by atoms with van der Waals surface area (Å²) in [5.74, 6) is 0.866. The van der Waals surface area contributed by atoms with Crippen LogP contribution in [0.15, 0.2) is 4.52 Å². The van der Waals surface area contributed by atoms with Crippen LogP contribution >= 0.6 is 0 Å². The van der Waals surface area contributed by atoms with Gasteiger partial charge >= 0.3 is 6.01 Å². The predicted molar refractivity (Wildman–Crippen MR) is 61.8 cm³/mol. The topological polar surface area (TPSA) is 82.6 Å². The highest BCUT2D eigenvalue weighted by atomic mass is 16.5. The van der Waals surface area contributed by atoms with Crippen molar-refractivity contribution < 1.29 is 14.7 Å². The van der Waals surface area contributed by atoms with Gasteiger partial charge in [-0.2, -0.15) is 4.98 Å². The minimum atomic E-state index is -0.539. The molecule has 0 aliphatic carbocycles. The molecule has 0 unspecified atom stereocenters. The highest BCUT2D eigenvalue weighted by Gasteiger charge is 2.29. The third kappa shape index (κ3) is 2.58. The molecule has 1 saturated heterocycles. The second kappa shape index (κ2) is 5.01. The highest BCUT2D eigenvalue weighted by molar-refractivity contribution is 5.27. The van der Waals surface area contributed by atoms with Crippen molar-refractivity contribution in [3.05, 3.63) is 5.82 Å². The monoisotopic (exact) mass is 241 g/mol. The van der Waals surface area contributed by atoms with Crippen LogP contribution in [0.1, 0.15) is 32.0 Å². The molecule has 2 N–H and O–H groups in total. The van der Waals surface area contributed by atoms with Gasteiger partial charge in [-0.25, -0.2) is 0 Å². The van der Waals surface area contributed by atoms with Crippen LogP contribution in [-0.4, -0.2) is 46.2 Å².